The van der Waals surface area contributed by atoms with Crippen molar-refractivity contribution in [2.24, 2.45) is 0 Å². The molecule has 104 valence electrons. The van der Waals surface area contributed by atoms with Gasteiger partial charge in [0, 0.05) is 6.20 Å². The monoisotopic (exact) mass is 266 g/mol. The molecule has 0 unspecified atom stereocenters. The maximum absolute atomic E-state index is 11.8. The summed E-state index contributed by atoms with van der Waals surface area (Å²) in [6.45, 7) is 5.66. The first-order valence-corrected chi connectivity index (χ1v) is 5.99. The topological polar surface area (TPSA) is 102 Å². The summed E-state index contributed by atoms with van der Waals surface area (Å²) in [7, 11) is 0. The van der Waals surface area contributed by atoms with E-state index in [4.69, 9.17) is 10.5 Å². The van der Waals surface area contributed by atoms with Crippen molar-refractivity contribution in [2.75, 3.05) is 18.8 Å². The first-order chi connectivity index (χ1) is 8.70. The molecule has 2 rings (SSSR count). The van der Waals surface area contributed by atoms with Gasteiger partial charge in [0.1, 0.15) is 11.2 Å². The van der Waals surface area contributed by atoms with Gasteiger partial charge in [-0.05, 0) is 26.8 Å². The van der Waals surface area contributed by atoms with Crippen molar-refractivity contribution in [3.05, 3.63) is 18.0 Å². The van der Waals surface area contributed by atoms with Crippen LogP contribution in [0.1, 0.15) is 26.5 Å². The normalized spacial score (nSPS) is 17.8. The van der Waals surface area contributed by atoms with Gasteiger partial charge in [-0.15, -0.1) is 0 Å². The first-order valence-electron chi connectivity index (χ1n) is 5.99. The van der Waals surface area contributed by atoms with Gasteiger partial charge in [-0.2, -0.15) is 0 Å². The van der Waals surface area contributed by atoms with Crippen molar-refractivity contribution < 1.29 is 14.6 Å². The number of nitrogens with zero attached hydrogens (tertiary/aromatic N) is 3. The number of nitrogen functional groups attached to an aromatic ring is 1. The molecule has 3 N–H and O–H groups in total. The number of likely N-dealkylation sites (tertiary alicyclic amines) is 1. The average molecular weight is 266 g/mol. The minimum atomic E-state index is -1.17. The number of ether oxygens (including phenoxy) is 1. The Morgan fingerprint density at radius 1 is 1.53 bits per heavy atom. The minimum Gasteiger partial charge on any atom is -0.444 e. The van der Waals surface area contributed by atoms with Crippen LogP contribution >= 0.6 is 0 Å². The highest BCUT2D eigenvalue weighted by atomic mass is 16.6. The Morgan fingerprint density at radius 3 is 2.68 bits per heavy atom. The van der Waals surface area contributed by atoms with Crippen LogP contribution in [0.5, 0.6) is 0 Å². The molecule has 0 atom stereocenters. The smallest absolute Gasteiger partial charge is 0.410 e. The number of aromatic nitrogens is 2. The van der Waals surface area contributed by atoms with Crippen LogP contribution in [0.3, 0.4) is 0 Å². The van der Waals surface area contributed by atoms with Gasteiger partial charge in [-0.1, -0.05) is 0 Å². The van der Waals surface area contributed by atoms with E-state index in [1.54, 1.807) is 26.8 Å². The Hall–Kier alpha value is -1.89. The zero-order valence-electron chi connectivity index (χ0n) is 11.3. The van der Waals surface area contributed by atoms with E-state index in [0.717, 1.165) is 0 Å². The Morgan fingerprint density at radius 2 is 2.16 bits per heavy atom. The number of rotatable bonds is 1. The molecule has 0 aromatic carbocycles. The number of carbonyl (C=O) groups excluding carboxylic acids is 1. The molecule has 0 spiro atoms. The number of anilines is 1. The standard InChI is InChI=1S/C12H18N4O3/c1-11(2,3)19-10(17)16-6-12(18,7-16)8-4-5-14-9(13)15-8/h4-5,18H,6-7H2,1-3H3,(H2,13,14,15). The molecule has 0 saturated carbocycles. The summed E-state index contributed by atoms with van der Waals surface area (Å²) in [6.07, 6.45) is 1.03. The van der Waals surface area contributed by atoms with E-state index < -0.39 is 17.3 Å². The van der Waals surface area contributed by atoms with Crippen LogP contribution in [0.4, 0.5) is 10.7 Å². The third kappa shape index (κ3) is 2.93. The van der Waals surface area contributed by atoms with Gasteiger partial charge < -0.3 is 20.5 Å². The molecule has 1 aromatic rings. The molecule has 0 aliphatic carbocycles. The number of aliphatic hydroxyl groups is 1. The highest BCUT2D eigenvalue weighted by Crippen LogP contribution is 2.31. The number of carbonyl (C=O) groups is 1. The SMILES string of the molecule is CC(C)(C)OC(=O)N1CC(O)(c2ccnc(N)n2)C1. The molecule has 1 amide bonds. The fourth-order valence-corrected chi connectivity index (χ4v) is 1.84. The van der Waals surface area contributed by atoms with Crippen molar-refractivity contribution in [3.63, 3.8) is 0 Å². The number of nitrogens with two attached hydrogens (primary N) is 1. The fourth-order valence-electron chi connectivity index (χ4n) is 1.84. The van der Waals surface area contributed by atoms with Crippen molar-refractivity contribution in [1.82, 2.24) is 14.9 Å². The van der Waals surface area contributed by atoms with Crippen LogP contribution in [0.25, 0.3) is 0 Å². The third-order valence-corrected chi connectivity index (χ3v) is 2.71. The molecular formula is C12H18N4O3. The summed E-state index contributed by atoms with van der Waals surface area (Å²) in [5.74, 6) is 0.0987. The summed E-state index contributed by atoms with van der Waals surface area (Å²) in [4.78, 5) is 20.9. The Bertz CT molecular complexity index is 492. The predicted molar refractivity (Wildman–Crippen MR) is 68.1 cm³/mol. The lowest BCUT2D eigenvalue weighted by atomic mass is 9.90. The quantitative estimate of drug-likeness (QED) is 0.767. The second-order valence-electron chi connectivity index (χ2n) is 5.67. The number of amides is 1. The van der Waals surface area contributed by atoms with E-state index >= 15 is 0 Å². The van der Waals surface area contributed by atoms with Gasteiger partial charge >= 0.3 is 6.09 Å². The molecule has 1 saturated heterocycles. The molecule has 7 nitrogen and oxygen atoms in total. The van der Waals surface area contributed by atoms with E-state index in [2.05, 4.69) is 9.97 Å². The van der Waals surface area contributed by atoms with Crippen LogP contribution in [0.2, 0.25) is 0 Å². The van der Waals surface area contributed by atoms with Crippen molar-refractivity contribution in [1.29, 1.82) is 0 Å². The van der Waals surface area contributed by atoms with Crippen LogP contribution in [0.15, 0.2) is 12.3 Å². The molecule has 19 heavy (non-hydrogen) atoms. The van der Waals surface area contributed by atoms with E-state index in [9.17, 15) is 9.90 Å². The minimum absolute atomic E-state index is 0.0987. The molecule has 1 aromatic heterocycles. The molecular weight excluding hydrogens is 248 g/mol. The zero-order chi connectivity index (χ0) is 14.3. The van der Waals surface area contributed by atoms with E-state index in [0.29, 0.717) is 5.69 Å². The zero-order valence-corrected chi connectivity index (χ0v) is 11.3. The molecule has 2 heterocycles. The van der Waals surface area contributed by atoms with Gasteiger partial charge in [-0.25, -0.2) is 14.8 Å². The highest BCUT2D eigenvalue weighted by Gasteiger charge is 2.47. The van der Waals surface area contributed by atoms with Crippen molar-refractivity contribution in [2.45, 2.75) is 32.0 Å². The van der Waals surface area contributed by atoms with E-state index in [-0.39, 0.29) is 19.0 Å². The fraction of sp³-hybridized carbons (Fsp3) is 0.583. The second-order valence-corrected chi connectivity index (χ2v) is 5.67. The largest absolute Gasteiger partial charge is 0.444 e. The summed E-state index contributed by atoms with van der Waals surface area (Å²) in [5.41, 5.74) is 4.17. The van der Waals surface area contributed by atoms with Gasteiger partial charge in [0.05, 0.1) is 18.8 Å². The summed E-state index contributed by atoms with van der Waals surface area (Å²) >= 11 is 0. The van der Waals surface area contributed by atoms with Crippen molar-refractivity contribution >= 4 is 12.0 Å². The lowest BCUT2D eigenvalue weighted by Gasteiger charge is -2.45. The maximum Gasteiger partial charge on any atom is 0.410 e. The van der Waals surface area contributed by atoms with Crippen molar-refractivity contribution in [3.8, 4) is 0 Å². The van der Waals surface area contributed by atoms with Crippen LogP contribution in [0, 0.1) is 0 Å². The molecule has 1 aliphatic heterocycles. The van der Waals surface area contributed by atoms with Crippen LogP contribution in [-0.2, 0) is 10.3 Å². The summed E-state index contributed by atoms with van der Waals surface area (Å²) in [6, 6.07) is 1.59. The van der Waals surface area contributed by atoms with E-state index in [1.807, 2.05) is 0 Å². The number of β-amino-alcohol motifs (C(OH)–C–C–N with tert-alkyl or cyclic N) is 1. The Labute approximate surface area is 111 Å². The first kappa shape index (κ1) is 13.5. The molecule has 0 bridgehead atoms. The highest BCUT2D eigenvalue weighted by molar-refractivity contribution is 5.69. The van der Waals surface area contributed by atoms with Crippen LogP contribution in [-0.4, -0.2) is 44.8 Å². The maximum atomic E-state index is 11.8. The Balaban J connectivity index is 2.00. The predicted octanol–water partition coefficient (Wildman–Crippen LogP) is 0.497. The average Bonchev–Trinajstić information content (AvgIpc) is 2.22. The molecule has 7 heteroatoms. The Kier molecular flexibility index (Phi) is 3.09. The van der Waals surface area contributed by atoms with Gasteiger partial charge in [0.2, 0.25) is 5.95 Å². The van der Waals surface area contributed by atoms with Gasteiger partial charge in [0.15, 0.2) is 0 Å². The second kappa shape index (κ2) is 4.34. The summed E-state index contributed by atoms with van der Waals surface area (Å²) in [5, 5.41) is 10.3. The van der Waals surface area contributed by atoms with Gasteiger partial charge in [-0.3, -0.25) is 0 Å². The van der Waals surface area contributed by atoms with E-state index in [1.165, 1.54) is 11.1 Å². The molecule has 0 radical (unpaired) electrons. The number of hydrogen-bond acceptors (Lipinski definition) is 6. The summed E-state index contributed by atoms with van der Waals surface area (Å²) < 4.78 is 5.21. The molecule has 1 fully saturated rings. The lowest BCUT2D eigenvalue weighted by Crippen LogP contribution is -2.62. The molecule has 1 aliphatic rings. The van der Waals surface area contributed by atoms with Crippen LogP contribution < -0.4 is 5.73 Å². The number of hydrogen-bond donors (Lipinski definition) is 2. The lowest BCUT2D eigenvalue weighted by molar-refractivity contribution is -0.106. The van der Waals surface area contributed by atoms with Gasteiger partial charge in [0.25, 0.3) is 0 Å². The third-order valence-electron chi connectivity index (χ3n) is 2.71.